The predicted molar refractivity (Wildman–Crippen MR) is 93.5 cm³/mol. The molecule has 1 aromatic heterocycles. The first-order valence-corrected chi connectivity index (χ1v) is 8.93. The molecule has 25 heavy (non-hydrogen) atoms. The van der Waals surface area contributed by atoms with Crippen LogP contribution in [0.5, 0.6) is 0 Å². The minimum Gasteiger partial charge on any atom is -0.389 e. The molecule has 2 atom stereocenters. The summed E-state index contributed by atoms with van der Waals surface area (Å²) in [6, 6.07) is 8.87. The summed E-state index contributed by atoms with van der Waals surface area (Å²) in [5.74, 6) is -0.271. The average Bonchev–Trinajstić information content (AvgIpc) is 3.11. The van der Waals surface area contributed by atoms with Gasteiger partial charge in [-0.15, -0.1) is 0 Å². The number of benzene rings is 1. The van der Waals surface area contributed by atoms with Crippen LogP contribution < -0.4 is 0 Å². The van der Waals surface area contributed by atoms with Crippen LogP contribution >= 0.6 is 0 Å². The first kappa shape index (κ1) is 18.0. The molecule has 2 heterocycles. The van der Waals surface area contributed by atoms with Crippen LogP contribution in [0.25, 0.3) is 0 Å². The number of hydrogen-bond acceptors (Lipinski definition) is 4. The Morgan fingerprint density at radius 1 is 1.28 bits per heavy atom. The Bertz CT molecular complexity index is 635. The zero-order valence-electron chi connectivity index (χ0n) is 14.4. The predicted octanol–water partition coefficient (Wildman–Crippen LogP) is 2.45. The van der Waals surface area contributed by atoms with E-state index in [9.17, 15) is 9.50 Å². The molecule has 1 fully saturated rings. The van der Waals surface area contributed by atoms with Crippen LogP contribution in [0.4, 0.5) is 4.39 Å². The third-order valence-electron chi connectivity index (χ3n) is 4.68. The lowest BCUT2D eigenvalue weighted by molar-refractivity contribution is -0.00626. The molecule has 1 aromatic carbocycles. The lowest BCUT2D eigenvalue weighted by Crippen LogP contribution is -2.46. The molecule has 1 aliphatic heterocycles. The molecule has 136 valence electrons. The molecule has 6 heteroatoms. The van der Waals surface area contributed by atoms with E-state index in [0.29, 0.717) is 18.2 Å². The van der Waals surface area contributed by atoms with Crippen molar-refractivity contribution in [1.29, 1.82) is 0 Å². The molecule has 0 radical (unpaired) electrons. The van der Waals surface area contributed by atoms with Crippen LogP contribution in [0.3, 0.4) is 0 Å². The van der Waals surface area contributed by atoms with E-state index >= 15 is 0 Å². The van der Waals surface area contributed by atoms with E-state index in [1.165, 1.54) is 12.5 Å². The number of β-amino-alcohol motifs (C(OH)–C–C–N with tert-alkyl or cyclic N) is 1. The zero-order valence-corrected chi connectivity index (χ0v) is 14.4. The van der Waals surface area contributed by atoms with Crippen molar-refractivity contribution in [2.24, 2.45) is 0 Å². The van der Waals surface area contributed by atoms with Crippen LogP contribution in [0.15, 0.2) is 42.7 Å². The highest BCUT2D eigenvalue weighted by molar-refractivity contribution is 5.16. The lowest BCUT2D eigenvalue weighted by Gasteiger charge is -2.36. The standard InChI is InChI=1S/C19H26FN3O2/c20-19-8-2-1-6-16(19)14-25-15-18(24)13-22-10-4-3-7-17(22)12-23-11-5-9-21-23/h1-2,5-6,8-9,11,17-18,24H,3-4,7,10,12-15H2/t17-,18-/m0/s1. The van der Waals surface area contributed by atoms with E-state index in [1.807, 2.05) is 16.9 Å². The van der Waals surface area contributed by atoms with Gasteiger partial charge < -0.3 is 9.84 Å². The molecule has 0 saturated carbocycles. The van der Waals surface area contributed by atoms with E-state index in [1.54, 1.807) is 24.4 Å². The molecule has 0 bridgehead atoms. The number of aliphatic hydroxyl groups is 1. The quantitative estimate of drug-likeness (QED) is 0.797. The van der Waals surface area contributed by atoms with Crippen molar-refractivity contribution < 1.29 is 14.2 Å². The highest BCUT2D eigenvalue weighted by atomic mass is 19.1. The Balaban J connectivity index is 1.45. The number of hydrogen-bond donors (Lipinski definition) is 1. The van der Waals surface area contributed by atoms with Gasteiger partial charge in [0.25, 0.3) is 0 Å². The summed E-state index contributed by atoms with van der Waals surface area (Å²) >= 11 is 0. The number of piperidine rings is 1. The second-order valence-electron chi connectivity index (χ2n) is 6.63. The SMILES string of the molecule is O[C@H](COCc1ccccc1F)CN1CCCC[C@H]1Cn1cccn1. The van der Waals surface area contributed by atoms with Crippen molar-refractivity contribution in [1.82, 2.24) is 14.7 Å². The minimum absolute atomic E-state index is 0.181. The molecule has 5 nitrogen and oxygen atoms in total. The van der Waals surface area contributed by atoms with Crippen LogP contribution in [0, 0.1) is 5.82 Å². The molecule has 3 rings (SSSR count). The van der Waals surface area contributed by atoms with Crippen LogP contribution in [-0.2, 0) is 17.9 Å². The van der Waals surface area contributed by atoms with Crippen LogP contribution in [0.1, 0.15) is 24.8 Å². The Kier molecular flexibility index (Phi) is 6.55. The number of nitrogens with zero attached hydrogens (tertiary/aromatic N) is 3. The van der Waals surface area contributed by atoms with Crippen molar-refractivity contribution in [2.45, 2.75) is 44.6 Å². The van der Waals surface area contributed by atoms with Gasteiger partial charge in [-0.05, 0) is 31.5 Å². The number of aliphatic hydroxyl groups excluding tert-OH is 1. The van der Waals surface area contributed by atoms with E-state index < -0.39 is 6.10 Å². The molecule has 0 spiro atoms. The van der Waals surface area contributed by atoms with Gasteiger partial charge in [0.05, 0.1) is 25.9 Å². The Hall–Kier alpha value is -1.76. The van der Waals surface area contributed by atoms with Gasteiger partial charge in [-0.1, -0.05) is 24.6 Å². The summed E-state index contributed by atoms with van der Waals surface area (Å²) < 4.78 is 21.0. The Labute approximate surface area is 148 Å². The Morgan fingerprint density at radius 2 is 2.16 bits per heavy atom. The first-order chi connectivity index (χ1) is 12.2. The number of ether oxygens (including phenoxy) is 1. The fourth-order valence-electron chi connectivity index (χ4n) is 3.38. The molecule has 1 N–H and O–H groups in total. The van der Waals surface area contributed by atoms with Crippen molar-refractivity contribution in [3.63, 3.8) is 0 Å². The fourth-order valence-corrected chi connectivity index (χ4v) is 3.38. The van der Waals surface area contributed by atoms with Gasteiger partial charge in [0, 0.05) is 30.5 Å². The lowest BCUT2D eigenvalue weighted by atomic mass is 10.0. The largest absolute Gasteiger partial charge is 0.389 e. The third-order valence-corrected chi connectivity index (χ3v) is 4.68. The number of halogens is 1. The molecule has 0 aliphatic carbocycles. The van der Waals surface area contributed by atoms with E-state index in [0.717, 1.165) is 25.9 Å². The monoisotopic (exact) mass is 347 g/mol. The normalized spacial score (nSPS) is 19.8. The van der Waals surface area contributed by atoms with E-state index in [-0.39, 0.29) is 19.0 Å². The molecule has 2 aromatic rings. The van der Waals surface area contributed by atoms with Gasteiger partial charge in [0.1, 0.15) is 5.82 Å². The molecule has 0 unspecified atom stereocenters. The van der Waals surface area contributed by atoms with Gasteiger partial charge in [-0.3, -0.25) is 9.58 Å². The van der Waals surface area contributed by atoms with Gasteiger partial charge in [-0.2, -0.15) is 5.10 Å². The maximum atomic E-state index is 13.6. The van der Waals surface area contributed by atoms with Crippen molar-refractivity contribution in [2.75, 3.05) is 19.7 Å². The molecular formula is C19H26FN3O2. The maximum Gasteiger partial charge on any atom is 0.128 e. The zero-order chi connectivity index (χ0) is 17.5. The number of rotatable bonds is 8. The van der Waals surface area contributed by atoms with Crippen molar-refractivity contribution in [3.8, 4) is 0 Å². The minimum atomic E-state index is -0.579. The van der Waals surface area contributed by atoms with E-state index in [2.05, 4.69) is 10.00 Å². The smallest absolute Gasteiger partial charge is 0.128 e. The fraction of sp³-hybridized carbons (Fsp3) is 0.526. The van der Waals surface area contributed by atoms with Crippen molar-refractivity contribution in [3.05, 3.63) is 54.1 Å². The second-order valence-corrected chi connectivity index (χ2v) is 6.63. The first-order valence-electron chi connectivity index (χ1n) is 8.93. The summed E-state index contributed by atoms with van der Waals surface area (Å²) in [6.07, 6.45) is 6.66. The molecule has 1 aliphatic rings. The van der Waals surface area contributed by atoms with Gasteiger partial charge in [-0.25, -0.2) is 4.39 Å². The van der Waals surface area contributed by atoms with Crippen molar-refractivity contribution >= 4 is 0 Å². The molecule has 0 amide bonds. The van der Waals surface area contributed by atoms with Gasteiger partial charge in [0.15, 0.2) is 0 Å². The van der Waals surface area contributed by atoms with E-state index in [4.69, 9.17) is 4.74 Å². The number of aromatic nitrogens is 2. The van der Waals surface area contributed by atoms with Crippen LogP contribution in [-0.4, -0.2) is 51.6 Å². The highest BCUT2D eigenvalue weighted by Gasteiger charge is 2.24. The summed E-state index contributed by atoms with van der Waals surface area (Å²) in [7, 11) is 0. The summed E-state index contributed by atoms with van der Waals surface area (Å²) in [5.41, 5.74) is 0.518. The van der Waals surface area contributed by atoms with Crippen LogP contribution in [0.2, 0.25) is 0 Å². The van der Waals surface area contributed by atoms with Gasteiger partial charge in [0.2, 0.25) is 0 Å². The average molecular weight is 347 g/mol. The maximum absolute atomic E-state index is 13.6. The topological polar surface area (TPSA) is 50.5 Å². The Morgan fingerprint density at radius 3 is 2.96 bits per heavy atom. The summed E-state index contributed by atoms with van der Waals surface area (Å²) in [5, 5.41) is 14.6. The molecule has 1 saturated heterocycles. The summed E-state index contributed by atoms with van der Waals surface area (Å²) in [6.45, 7) is 2.79. The summed E-state index contributed by atoms with van der Waals surface area (Å²) in [4.78, 5) is 2.32. The second kappa shape index (κ2) is 9.08. The highest BCUT2D eigenvalue weighted by Crippen LogP contribution is 2.19. The third kappa shape index (κ3) is 5.36. The number of likely N-dealkylation sites (tertiary alicyclic amines) is 1. The molecular weight excluding hydrogens is 321 g/mol. The van der Waals surface area contributed by atoms with Gasteiger partial charge >= 0.3 is 0 Å².